The fraction of sp³-hybridized carbons (Fsp3) is 0.583. The summed E-state index contributed by atoms with van der Waals surface area (Å²) in [5.41, 5.74) is 6.81. The molecule has 0 bridgehead atoms. The SMILES string of the molecule is CCN(CCCO)c1ccc(C(C)N)cn1. The van der Waals surface area contributed by atoms with E-state index in [4.69, 9.17) is 10.8 Å². The number of nitrogens with two attached hydrogens (primary N) is 1. The number of rotatable bonds is 6. The van der Waals surface area contributed by atoms with Crippen LogP contribution in [-0.2, 0) is 0 Å². The number of aliphatic hydroxyl groups is 1. The van der Waals surface area contributed by atoms with Gasteiger partial charge in [0.05, 0.1) is 0 Å². The maximum absolute atomic E-state index is 8.81. The Hall–Kier alpha value is -1.13. The van der Waals surface area contributed by atoms with Crippen LogP contribution in [0.25, 0.3) is 0 Å². The molecule has 1 rings (SSSR count). The van der Waals surface area contributed by atoms with E-state index in [9.17, 15) is 0 Å². The zero-order valence-electron chi connectivity index (χ0n) is 10.1. The summed E-state index contributed by atoms with van der Waals surface area (Å²) in [5, 5.41) is 8.81. The molecular weight excluding hydrogens is 202 g/mol. The van der Waals surface area contributed by atoms with Crippen LogP contribution >= 0.6 is 0 Å². The van der Waals surface area contributed by atoms with Crippen molar-refractivity contribution in [3.05, 3.63) is 23.9 Å². The lowest BCUT2D eigenvalue weighted by Crippen LogP contribution is -2.25. The molecule has 0 spiro atoms. The summed E-state index contributed by atoms with van der Waals surface area (Å²) in [6.07, 6.45) is 2.59. The number of nitrogens with zero attached hydrogens (tertiary/aromatic N) is 2. The number of pyridine rings is 1. The van der Waals surface area contributed by atoms with E-state index in [0.717, 1.165) is 30.9 Å². The second-order valence-electron chi connectivity index (χ2n) is 3.90. The molecule has 0 aliphatic carbocycles. The molecule has 1 unspecified atom stereocenters. The zero-order chi connectivity index (χ0) is 12.0. The number of anilines is 1. The third-order valence-corrected chi connectivity index (χ3v) is 2.59. The van der Waals surface area contributed by atoms with Crippen LogP contribution in [0.15, 0.2) is 18.3 Å². The van der Waals surface area contributed by atoms with E-state index in [1.807, 2.05) is 25.3 Å². The Labute approximate surface area is 97.1 Å². The lowest BCUT2D eigenvalue weighted by Gasteiger charge is -2.21. The lowest BCUT2D eigenvalue weighted by molar-refractivity contribution is 0.289. The molecular formula is C12H21N3O. The van der Waals surface area contributed by atoms with Gasteiger partial charge in [0.1, 0.15) is 5.82 Å². The second kappa shape index (κ2) is 6.45. The normalized spacial score (nSPS) is 12.5. The van der Waals surface area contributed by atoms with Crippen molar-refractivity contribution in [1.29, 1.82) is 0 Å². The summed E-state index contributed by atoms with van der Waals surface area (Å²) in [6, 6.07) is 4.02. The Morgan fingerprint density at radius 3 is 2.69 bits per heavy atom. The predicted octanol–water partition coefficient (Wildman–Crippen LogP) is 1.31. The van der Waals surface area contributed by atoms with E-state index in [2.05, 4.69) is 16.8 Å². The number of aliphatic hydroxyl groups excluding tert-OH is 1. The first kappa shape index (κ1) is 12.9. The highest BCUT2D eigenvalue weighted by Crippen LogP contribution is 2.14. The van der Waals surface area contributed by atoms with Gasteiger partial charge in [-0.3, -0.25) is 0 Å². The molecule has 0 saturated heterocycles. The Bertz CT molecular complexity index is 298. The van der Waals surface area contributed by atoms with Crippen molar-refractivity contribution in [3.8, 4) is 0 Å². The molecule has 0 amide bonds. The molecule has 0 fully saturated rings. The minimum Gasteiger partial charge on any atom is -0.396 e. The average molecular weight is 223 g/mol. The maximum atomic E-state index is 8.81. The molecule has 1 aromatic rings. The van der Waals surface area contributed by atoms with E-state index in [1.54, 1.807) is 0 Å². The molecule has 16 heavy (non-hydrogen) atoms. The Kier molecular flexibility index (Phi) is 5.22. The fourth-order valence-corrected chi connectivity index (χ4v) is 1.55. The molecule has 0 aromatic carbocycles. The monoisotopic (exact) mass is 223 g/mol. The molecule has 1 heterocycles. The molecule has 0 saturated carbocycles. The van der Waals surface area contributed by atoms with Gasteiger partial charge in [-0.05, 0) is 31.9 Å². The smallest absolute Gasteiger partial charge is 0.128 e. The van der Waals surface area contributed by atoms with E-state index < -0.39 is 0 Å². The standard InChI is InChI=1S/C12H21N3O/c1-3-15(7-4-8-16)12-6-5-11(9-14-12)10(2)13/h5-6,9-10,16H,3-4,7-8,13H2,1-2H3. The Morgan fingerprint density at radius 1 is 1.50 bits per heavy atom. The Balaban J connectivity index is 2.70. The highest BCUT2D eigenvalue weighted by atomic mass is 16.3. The van der Waals surface area contributed by atoms with Gasteiger partial charge in [-0.25, -0.2) is 4.98 Å². The van der Waals surface area contributed by atoms with Crippen molar-refractivity contribution in [2.45, 2.75) is 26.3 Å². The van der Waals surface area contributed by atoms with Gasteiger partial charge >= 0.3 is 0 Å². The van der Waals surface area contributed by atoms with Gasteiger partial charge in [0.2, 0.25) is 0 Å². The Morgan fingerprint density at radius 2 is 2.25 bits per heavy atom. The summed E-state index contributed by atoms with van der Waals surface area (Å²) in [4.78, 5) is 6.53. The number of hydrogen-bond acceptors (Lipinski definition) is 4. The third kappa shape index (κ3) is 3.47. The summed E-state index contributed by atoms with van der Waals surface area (Å²) < 4.78 is 0. The molecule has 1 atom stereocenters. The van der Waals surface area contributed by atoms with Crippen molar-refractivity contribution in [2.24, 2.45) is 5.73 Å². The third-order valence-electron chi connectivity index (χ3n) is 2.59. The number of aromatic nitrogens is 1. The van der Waals surface area contributed by atoms with Crippen molar-refractivity contribution in [2.75, 3.05) is 24.6 Å². The highest BCUT2D eigenvalue weighted by Gasteiger charge is 2.06. The van der Waals surface area contributed by atoms with Crippen LogP contribution < -0.4 is 10.6 Å². The van der Waals surface area contributed by atoms with Crippen LogP contribution in [0.3, 0.4) is 0 Å². The second-order valence-corrected chi connectivity index (χ2v) is 3.90. The fourth-order valence-electron chi connectivity index (χ4n) is 1.55. The predicted molar refractivity (Wildman–Crippen MR) is 66.4 cm³/mol. The summed E-state index contributed by atoms with van der Waals surface area (Å²) in [7, 11) is 0. The molecule has 4 nitrogen and oxygen atoms in total. The number of hydrogen-bond donors (Lipinski definition) is 2. The van der Waals surface area contributed by atoms with Gasteiger partial charge in [-0.2, -0.15) is 0 Å². The van der Waals surface area contributed by atoms with Gasteiger partial charge in [0.25, 0.3) is 0 Å². The average Bonchev–Trinajstić information content (AvgIpc) is 2.30. The topological polar surface area (TPSA) is 62.4 Å². The van der Waals surface area contributed by atoms with Crippen molar-refractivity contribution in [1.82, 2.24) is 4.98 Å². The van der Waals surface area contributed by atoms with Crippen LogP contribution in [0, 0.1) is 0 Å². The quantitative estimate of drug-likeness (QED) is 0.763. The van der Waals surface area contributed by atoms with Crippen LogP contribution in [0.5, 0.6) is 0 Å². The van der Waals surface area contributed by atoms with E-state index in [-0.39, 0.29) is 12.6 Å². The first-order valence-electron chi connectivity index (χ1n) is 5.76. The zero-order valence-corrected chi connectivity index (χ0v) is 10.1. The molecule has 1 aromatic heterocycles. The largest absolute Gasteiger partial charge is 0.396 e. The minimum atomic E-state index is 0.0223. The van der Waals surface area contributed by atoms with Crippen LogP contribution in [0.4, 0.5) is 5.82 Å². The molecule has 90 valence electrons. The summed E-state index contributed by atoms with van der Waals surface area (Å²) >= 11 is 0. The maximum Gasteiger partial charge on any atom is 0.128 e. The van der Waals surface area contributed by atoms with Gasteiger partial charge in [-0.1, -0.05) is 6.07 Å². The molecule has 0 aliphatic heterocycles. The van der Waals surface area contributed by atoms with Crippen molar-refractivity contribution >= 4 is 5.82 Å². The lowest BCUT2D eigenvalue weighted by atomic mass is 10.1. The first-order chi connectivity index (χ1) is 7.69. The molecule has 0 radical (unpaired) electrons. The van der Waals surface area contributed by atoms with E-state index >= 15 is 0 Å². The first-order valence-corrected chi connectivity index (χ1v) is 5.76. The van der Waals surface area contributed by atoms with Crippen LogP contribution in [0.1, 0.15) is 31.9 Å². The van der Waals surface area contributed by atoms with Crippen molar-refractivity contribution < 1.29 is 5.11 Å². The van der Waals surface area contributed by atoms with Gasteiger partial charge in [0, 0.05) is 31.9 Å². The van der Waals surface area contributed by atoms with E-state index in [0.29, 0.717) is 0 Å². The summed E-state index contributed by atoms with van der Waals surface area (Å²) in [5.74, 6) is 0.945. The highest BCUT2D eigenvalue weighted by molar-refractivity contribution is 5.39. The summed E-state index contributed by atoms with van der Waals surface area (Å²) in [6.45, 7) is 5.97. The van der Waals surface area contributed by atoms with Crippen LogP contribution in [0.2, 0.25) is 0 Å². The van der Waals surface area contributed by atoms with Gasteiger partial charge in [-0.15, -0.1) is 0 Å². The molecule has 3 N–H and O–H groups in total. The van der Waals surface area contributed by atoms with E-state index in [1.165, 1.54) is 0 Å². The molecule has 4 heteroatoms. The molecule has 0 aliphatic rings. The van der Waals surface area contributed by atoms with Gasteiger partial charge < -0.3 is 15.7 Å². The minimum absolute atomic E-state index is 0.0223. The van der Waals surface area contributed by atoms with Crippen LogP contribution in [-0.4, -0.2) is 29.8 Å². The van der Waals surface area contributed by atoms with Crippen molar-refractivity contribution in [3.63, 3.8) is 0 Å². The van der Waals surface area contributed by atoms with Gasteiger partial charge in [0.15, 0.2) is 0 Å².